The minimum absolute atomic E-state index is 0.0564. The zero-order valence-corrected chi connectivity index (χ0v) is 19.6. The van der Waals surface area contributed by atoms with Gasteiger partial charge in [0.1, 0.15) is 36.3 Å². The van der Waals surface area contributed by atoms with Crippen LogP contribution in [0.5, 0.6) is 11.5 Å². The summed E-state index contributed by atoms with van der Waals surface area (Å²) in [4.78, 5) is 22.1. The number of benzene rings is 2. The second-order valence-corrected chi connectivity index (χ2v) is 9.35. The van der Waals surface area contributed by atoms with Gasteiger partial charge in [0.25, 0.3) is 0 Å². The highest BCUT2D eigenvalue weighted by Gasteiger charge is 2.29. The van der Waals surface area contributed by atoms with Gasteiger partial charge in [-0.2, -0.15) is 0 Å². The second kappa shape index (κ2) is 10.1. The van der Waals surface area contributed by atoms with E-state index in [1.165, 1.54) is 12.1 Å². The highest BCUT2D eigenvalue weighted by atomic mass is 19.1. The molecule has 0 aliphatic heterocycles. The summed E-state index contributed by atoms with van der Waals surface area (Å²) in [6.45, 7) is 6.29. The van der Waals surface area contributed by atoms with E-state index in [0.29, 0.717) is 0 Å². The lowest BCUT2D eigenvalue weighted by Crippen LogP contribution is -2.24. The molecule has 0 saturated heterocycles. The van der Waals surface area contributed by atoms with Crippen LogP contribution in [0.2, 0.25) is 0 Å². The summed E-state index contributed by atoms with van der Waals surface area (Å²) in [6, 6.07) is 4.86. The van der Waals surface area contributed by atoms with Crippen molar-refractivity contribution in [2.24, 2.45) is 0 Å². The average molecular weight is 481 g/mol. The van der Waals surface area contributed by atoms with E-state index in [4.69, 9.17) is 31.2 Å². The molecule has 0 fully saturated rings. The van der Waals surface area contributed by atoms with Crippen molar-refractivity contribution in [2.45, 2.75) is 51.4 Å². The van der Waals surface area contributed by atoms with Crippen molar-refractivity contribution in [1.82, 2.24) is 0 Å². The van der Waals surface area contributed by atoms with E-state index in [-0.39, 0.29) is 60.1 Å². The Morgan fingerprint density at radius 3 is 1.38 bits per heavy atom. The monoisotopic (exact) mass is 480 g/mol. The summed E-state index contributed by atoms with van der Waals surface area (Å²) in [5, 5.41) is 18.1. The molecule has 2 aromatic rings. The number of hydrogen-bond acceptors (Lipinski definition) is 6. The van der Waals surface area contributed by atoms with Crippen LogP contribution in [-0.2, 0) is 20.4 Å². The van der Waals surface area contributed by atoms with E-state index in [1.54, 1.807) is 27.7 Å². The Morgan fingerprint density at radius 2 is 1.09 bits per heavy atom. The first-order valence-corrected chi connectivity index (χ1v) is 10.5. The van der Waals surface area contributed by atoms with E-state index in [1.807, 2.05) is 0 Å². The molecule has 2 aromatic carbocycles. The summed E-state index contributed by atoms with van der Waals surface area (Å²) >= 11 is 0. The molecule has 0 atom stereocenters. The number of carbonyl (C=O) groups is 2. The number of nitrogen functional groups attached to an aromatic ring is 2. The molecule has 2 rings (SSSR count). The van der Waals surface area contributed by atoms with Gasteiger partial charge in [-0.05, 0) is 23.3 Å². The lowest BCUT2D eigenvalue weighted by molar-refractivity contribution is -0.139. The fourth-order valence-electron chi connectivity index (χ4n) is 3.68. The fraction of sp³-hybridized carbons (Fsp3) is 0.417. The molecule has 10 heteroatoms. The SMILES string of the molecule is CC(C)(CC(=O)O)c1cc(N)c(OCCOc2cc(F)c(C(C)(C)CC(=O)O)cc2N)cc1F. The zero-order chi connectivity index (χ0) is 25.8. The maximum Gasteiger partial charge on any atom is 0.304 e. The van der Waals surface area contributed by atoms with E-state index in [0.717, 1.165) is 12.1 Å². The molecule has 0 aliphatic carbocycles. The van der Waals surface area contributed by atoms with Crippen LogP contribution in [0.25, 0.3) is 0 Å². The van der Waals surface area contributed by atoms with Crippen molar-refractivity contribution in [2.75, 3.05) is 24.7 Å². The maximum absolute atomic E-state index is 14.6. The van der Waals surface area contributed by atoms with Gasteiger partial charge < -0.3 is 31.2 Å². The number of aliphatic carboxylic acids is 2. The lowest BCUT2D eigenvalue weighted by Gasteiger charge is -2.25. The largest absolute Gasteiger partial charge is 0.488 e. The molecule has 0 aliphatic rings. The first-order chi connectivity index (χ1) is 15.6. The van der Waals surface area contributed by atoms with Gasteiger partial charge in [-0.3, -0.25) is 9.59 Å². The summed E-state index contributed by atoms with van der Waals surface area (Å²) in [5.41, 5.74) is 10.5. The van der Waals surface area contributed by atoms with Crippen molar-refractivity contribution in [3.8, 4) is 11.5 Å². The van der Waals surface area contributed by atoms with E-state index in [9.17, 15) is 18.4 Å². The van der Waals surface area contributed by atoms with Crippen molar-refractivity contribution < 1.29 is 38.1 Å². The van der Waals surface area contributed by atoms with Crippen molar-refractivity contribution >= 4 is 23.3 Å². The summed E-state index contributed by atoms with van der Waals surface area (Å²) < 4.78 is 40.2. The van der Waals surface area contributed by atoms with Crippen LogP contribution >= 0.6 is 0 Å². The fourth-order valence-corrected chi connectivity index (χ4v) is 3.68. The van der Waals surface area contributed by atoms with Gasteiger partial charge in [-0.1, -0.05) is 27.7 Å². The smallest absolute Gasteiger partial charge is 0.304 e. The van der Waals surface area contributed by atoms with Crippen LogP contribution in [0.15, 0.2) is 24.3 Å². The number of anilines is 2. The second-order valence-electron chi connectivity index (χ2n) is 9.35. The van der Waals surface area contributed by atoms with Crippen LogP contribution in [0, 0.1) is 11.6 Å². The van der Waals surface area contributed by atoms with Gasteiger partial charge in [0.2, 0.25) is 0 Å². The quantitative estimate of drug-likeness (QED) is 0.278. The minimum atomic E-state index is -1.06. The first kappa shape index (κ1) is 26.7. The summed E-state index contributed by atoms with van der Waals surface area (Å²) in [5.74, 6) is -3.31. The molecular formula is C24H30F2N2O6. The Bertz CT molecular complexity index is 1000. The normalized spacial score (nSPS) is 11.8. The molecule has 0 radical (unpaired) electrons. The number of nitrogens with two attached hydrogens (primary N) is 2. The van der Waals surface area contributed by atoms with Gasteiger partial charge in [0.05, 0.1) is 24.2 Å². The number of rotatable bonds is 11. The number of carboxylic acid groups (broad SMARTS) is 2. The van der Waals surface area contributed by atoms with Crippen molar-refractivity contribution in [1.29, 1.82) is 0 Å². The highest BCUT2D eigenvalue weighted by molar-refractivity contribution is 5.70. The van der Waals surface area contributed by atoms with Gasteiger partial charge in [0.15, 0.2) is 0 Å². The summed E-state index contributed by atoms with van der Waals surface area (Å²) in [6.07, 6.45) is -0.552. The summed E-state index contributed by atoms with van der Waals surface area (Å²) in [7, 11) is 0. The Kier molecular flexibility index (Phi) is 7.97. The van der Waals surface area contributed by atoms with Crippen LogP contribution in [0.4, 0.5) is 20.2 Å². The third-order valence-electron chi connectivity index (χ3n) is 5.44. The Morgan fingerprint density at radius 1 is 0.765 bits per heavy atom. The molecule has 0 spiro atoms. The van der Waals surface area contributed by atoms with E-state index in [2.05, 4.69) is 0 Å². The van der Waals surface area contributed by atoms with Crippen LogP contribution in [0.3, 0.4) is 0 Å². The van der Waals surface area contributed by atoms with Crippen LogP contribution in [-0.4, -0.2) is 35.4 Å². The van der Waals surface area contributed by atoms with Crippen molar-refractivity contribution in [3.63, 3.8) is 0 Å². The average Bonchev–Trinajstić information content (AvgIpc) is 2.67. The Balaban J connectivity index is 2.06. The Labute approximate surface area is 196 Å². The van der Waals surface area contributed by atoms with E-state index < -0.39 is 34.4 Å². The van der Waals surface area contributed by atoms with Gasteiger partial charge >= 0.3 is 11.9 Å². The molecular weight excluding hydrogens is 450 g/mol. The minimum Gasteiger partial charge on any atom is -0.488 e. The standard InChI is InChI=1S/C24H30F2N2O6/c1-23(2,11-21(29)30)13-7-17(27)19(9-15(13)25)33-5-6-34-20-10-16(26)14(8-18(20)28)24(3,4)12-22(31)32/h7-10H,5-6,11-12,27-28H2,1-4H3,(H,29,30)(H,31,32). The predicted molar refractivity (Wildman–Crippen MR) is 123 cm³/mol. The van der Waals surface area contributed by atoms with Crippen LogP contribution < -0.4 is 20.9 Å². The third-order valence-corrected chi connectivity index (χ3v) is 5.44. The molecule has 0 saturated carbocycles. The van der Waals surface area contributed by atoms with Gasteiger partial charge in [0, 0.05) is 23.0 Å². The van der Waals surface area contributed by atoms with Crippen molar-refractivity contribution in [3.05, 3.63) is 47.0 Å². The van der Waals surface area contributed by atoms with E-state index >= 15 is 0 Å². The number of carboxylic acids is 2. The maximum atomic E-state index is 14.6. The molecule has 6 N–H and O–H groups in total. The van der Waals surface area contributed by atoms with Gasteiger partial charge in [-0.25, -0.2) is 8.78 Å². The third kappa shape index (κ3) is 6.49. The molecule has 0 aromatic heterocycles. The molecule has 0 bridgehead atoms. The first-order valence-electron chi connectivity index (χ1n) is 10.5. The number of halogens is 2. The molecule has 0 amide bonds. The molecule has 8 nitrogen and oxygen atoms in total. The molecule has 34 heavy (non-hydrogen) atoms. The predicted octanol–water partition coefficient (Wildman–Crippen LogP) is 4.09. The topological polar surface area (TPSA) is 145 Å². The molecule has 0 heterocycles. The lowest BCUT2D eigenvalue weighted by atomic mass is 9.81. The number of ether oxygens (including phenoxy) is 2. The number of hydrogen-bond donors (Lipinski definition) is 4. The molecule has 0 unspecified atom stereocenters. The van der Waals surface area contributed by atoms with Gasteiger partial charge in [-0.15, -0.1) is 0 Å². The van der Waals surface area contributed by atoms with Crippen LogP contribution in [0.1, 0.15) is 51.7 Å². The molecule has 186 valence electrons. The Hall–Kier alpha value is -3.56. The highest BCUT2D eigenvalue weighted by Crippen LogP contribution is 2.36. The zero-order valence-electron chi connectivity index (χ0n) is 19.6.